The third-order valence-electron chi connectivity index (χ3n) is 5.05. The van der Waals surface area contributed by atoms with Crippen molar-refractivity contribution in [3.05, 3.63) is 53.6 Å². The number of amides is 1. The zero-order valence-corrected chi connectivity index (χ0v) is 18.3. The number of carbonyl (C=O) groups excluding carboxylic acids is 1. The van der Waals surface area contributed by atoms with E-state index in [4.69, 9.17) is 5.73 Å². The van der Waals surface area contributed by atoms with E-state index in [1.54, 1.807) is 6.07 Å². The molecule has 2 aromatic rings. The molecule has 1 fully saturated rings. The van der Waals surface area contributed by atoms with E-state index in [9.17, 15) is 4.79 Å². The molecule has 7 heteroatoms. The van der Waals surface area contributed by atoms with Gasteiger partial charge in [0.25, 0.3) is 5.91 Å². The number of anilines is 3. The van der Waals surface area contributed by atoms with Gasteiger partial charge in [0.1, 0.15) is 0 Å². The minimum absolute atomic E-state index is 0. The first-order valence-corrected chi connectivity index (χ1v) is 9.20. The van der Waals surface area contributed by atoms with Gasteiger partial charge in [-0.1, -0.05) is 6.07 Å². The largest absolute Gasteiger partial charge is 0.399 e. The normalized spacial score (nSPS) is 14.2. The molecule has 2 aromatic carbocycles. The average molecular weight is 425 g/mol. The monoisotopic (exact) mass is 424 g/mol. The molecule has 1 aliphatic rings. The second kappa shape index (κ2) is 10.6. The van der Waals surface area contributed by atoms with Crippen LogP contribution in [0.15, 0.2) is 42.5 Å². The molecule has 3 rings (SSSR count). The molecule has 1 amide bonds. The number of rotatable bonds is 4. The van der Waals surface area contributed by atoms with Crippen LogP contribution in [0.1, 0.15) is 29.8 Å². The first kappa shape index (κ1) is 24.1. The van der Waals surface area contributed by atoms with Gasteiger partial charge in [0.05, 0.1) is 0 Å². The van der Waals surface area contributed by atoms with Gasteiger partial charge in [-0.05, 0) is 62.7 Å². The highest BCUT2D eigenvalue weighted by molar-refractivity contribution is 6.05. The van der Waals surface area contributed by atoms with Crippen molar-refractivity contribution in [2.75, 3.05) is 42.1 Å². The van der Waals surface area contributed by atoms with Gasteiger partial charge < -0.3 is 16.0 Å². The number of aryl methyl sites for hydroxylation is 1. The summed E-state index contributed by atoms with van der Waals surface area (Å²) >= 11 is 0. The zero-order chi connectivity index (χ0) is 18.7. The standard InChI is InChI=1S/C21H28N4O.2ClH/c1-15(2)24-10-12-25(13-11-24)19-8-5-17(6-9-19)21(26)23-20-14-18(22)7-4-16(20)3;;/h4-9,14-15H,10-13,22H2,1-3H3,(H,23,26);2*1H. The fraction of sp³-hybridized carbons (Fsp3) is 0.381. The fourth-order valence-corrected chi connectivity index (χ4v) is 3.29. The van der Waals surface area contributed by atoms with Crippen LogP contribution < -0.4 is 16.0 Å². The molecule has 3 N–H and O–H groups in total. The molecular formula is C21H30Cl2N4O. The number of piperazine rings is 1. The lowest BCUT2D eigenvalue weighted by molar-refractivity contribution is 0.102. The molecular weight excluding hydrogens is 395 g/mol. The van der Waals surface area contributed by atoms with Crippen molar-refractivity contribution in [1.29, 1.82) is 0 Å². The number of carbonyl (C=O) groups is 1. The molecule has 0 bridgehead atoms. The van der Waals surface area contributed by atoms with Crippen molar-refractivity contribution in [2.45, 2.75) is 26.8 Å². The Bertz CT molecular complexity index is 772. The third kappa shape index (κ3) is 5.77. The van der Waals surface area contributed by atoms with Crippen LogP contribution in [-0.2, 0) is 0 Å². The Morgan fingerprint density at radius 3 is 2.18 bits per heavy atom. The molecule has 1 heterocycles. The van der Waals surface area contributed by atoms with Gasteiger partial charge in [0, 0.05) is 54.8 Å². The Hall–Kier alpha value is -1.95. The molecule has 0 atom stereocenters. The Morgan fingerprint density at radius 1 is 1.00 bits per heavy atom. The summed E-state index contributed by atoms with van der Waals surface area (Å²) in [5, 5.41) is 2.95. The molecule has 0 aromatic heterocycles. The summed E-state index contributed by atoms with van der Waals surface area (Å²) in [7, 11) is 0. The van der Waals surface area contributed by atoms with Crippen molar-refractivity contribution < 1.29 is 4.79 Å². The lowest BCUT2D eigenvalue weighted by Crippen LogP contribution is -2.48. The Kier molecular flexibility index (Phi) is 9.08. The topological polar surface area (TPSA) is 61.6 Å². The maximum absolute atomic E-state index is 12.5. The van der Waals surface area contributed by atoms with Crippen molar-refractivity contribution in [1.82, 2.24) is 4.90 Å². The smallest absolute Gasteiger partial charge is 0.255 e. The number of nitrogens with zero attached hydrogens (tertiary/aromatic N) is 2. The van der Waals surface area contributed by atoms with Crippen molar-refractivity contribution >= 4 is 47.8 Å². The summed E-state index contributed by atoms with van der Waals surface area (Å²) in [5.41, 5.74) is 10.0. The first-order valence-electron chi connectivity index (χ1n) is 9.20. The highest BCUT2D eigenvalue weighted by atomic mass is 35.5. The van der Waals surface area contributed by atoms with E-state index in [2.05, 4.69) is 29.0 Å². The summed E-state index contributed by atoms with van der Waals surface area (Å²) in [6, 6.07) is 14.0. The van der Waals surface area contributed by atoms with Crippen LogP contribution in [-0.4, -0.2) is 43.0 Å². The van der Waals surface area contributed by atoms with E-state index in [-0.39, 0.29) is 30.7 Å². The van der Waals surface area contributed by atoms with Crippen molar-refractivity contribution in [3.63, 3.8) is 0 Å². The van der Waals surface area contributed by atoms with E-state index in [1.807, 2.05) is 43.3 Å². The van der Waals surface area contributed by atoms with E-state index in [1.165, 1.54) is 5.69 Å². The van der Waals surface area contributed by atoms with E-state index in [0.717, 1.165) is 37.4 Å². The SMILES string of the molecule is Cc1ccc(N)cc1NC(=O)c1ccc(N2CCN(C(C)C)CC2)cc1.Cl.Cl. The number of nitrogens with one attached hydrogen (secondary N) is 1. The number of hydrogen-bond donors (Lipinski definition) is 2. The Morgan fingerprint density at radius 2 is 1.61 bits per heavy atom. The van der Waals surface area contributed by atoms with Gasteiger partial charge in [-0.25, -0.2) is 0 Å². The number of nitrogens with two attached hydrogens (primary N) is 1. The first-order chi connectivity index (χ1) is 12.4. The summed E-state index contributed by atoms with van der Waals surface area (Å²) < 4.78 is 0. The summed E-state index contributed by atoms with van der Waals surface area (Å²) in [6.07, 6.45) is 0. The van der Waals surface area contributed by atoms with Gasteiger partial charge >= 0.3 is 0 Å². The summed E-state index contributed by atoms with van der Waals surface area (Å²) in [5.74, 6) is -0.116. The van der Waals surface area contributed by atoms with Gasteiger partial charge in [0.15, 0.2) is 0 Å². The molecule has 0 radical (unpaired) electrons. The third-order valence-corrected chi connectivity index (χ3v) is 5.05. The van der Waals surface area contributed by atoms with Gasteiger partial charge in [-0.3, -0.25) is 9.69 Å². The predicted octanol–water partition coefficient (Wildman–Crippen LogP) is 4.20. The van der Waals surface area contributed by atoms with Crippen LogP contribution in [0, 0.1) is 6.92 Å². The van der Waals surface area contributed by atoms with Gasteiger partial charge in [-0.15, -0.1) is 24.8 Å². The molecule has 28 heavy (non-hydrogen) atoms. The Balaban J connectivity index is 0.00000196. The molecule has 0 saturated carbocycles. The number of nitrogen functional groups attached to an aromatic ring is 1. The molecule has 5 nitrogen and oxygen atoms in total. The number of benzene rings is 2. The average Bonchev–Trinajstić information content (AvgIpc) is 2.65. The number of hydrogen-bond acceptors (Lipinski definition) is 4. The van der Waals surface area contributed by atoms with Crippen molar-refractivity contribution in [3.8, 4) is 0 Å². The predicted molar refractivity (Wildman–Crippen MR) is 123 cm³/mol. The van der Waals surface area contributed by atoms with Crippen LogP contribution in [0.2, 0.25) is 0 Å². The minimum Gasteiger partial charge on any atom is -0.399 e. The second-order valence-electron chi connectivity index (χ2n) is 7.19. The maximum atomic E-state index is 12.5. The van der Waals surface area contributed by atoms with E-state index < -0.39 is 0 Å². The molecule has 0 aliphatic carbocycles. The Labute approximate surface area is 180 Å². The lowest BCUT2D eigenvalue weighted by Gasteiger charge is -2.38. The maximum Gasteiger partial charge on any atom is 0.255 e. The number of halogens is 2. The molecule has 1 aliphatic heterocycles. The lowest BCUT2D eigenvalue weighted by atomic mass is 10.1. The van der Waals surface area contributed by atoms with Gasteiger partial charge in [-0.2, -0.15) is 0 Å². The summed E-state index contributed by atoms with van der Waals surface area (Å²) in [4.78, 5) is 17.4. The van der Waals surface area contributed by atoms with Gasteiger partial charge in [0.2, 0.25) is 0 Å². The quantitative estimate of drug-likeness (QED) is 0.721. The van der Waals surface area contributed by atoms with E-state index in [0.29, 0.717) is 17.3 Å². The highest BCUT2D eigenvalue weighted by Gasteiger charge is 2.19. The van der Waals surface area contributed by atoms with Crippen LogP contribution in [0.4, 0.5) is 17.1 Å². The van der Waals surface area contributed by atoms with Crippen LogP contribution in [0.25, 0.3) is 0 Å². The van der Waals surface area contributed by atoms with Crippen LogP contribution >= 0.6 is 24.8 Å². The molecule has 0 unspecified atom stereocenters. The molecule has 0 spiro atoms. The molecule has 154 valence electrons. The zero-order valence-electron chi connectivity index (χ0n) is 16.6. The highest BCUT2D eigenvalue weighted by Crippen LogP contribution is 2.21. The minimum atomic E-state index is -0.116. The van der Waals surface area contributed by atoms with Crippen LogP contribution in [0.3, 0.4) is 0 Å². The summed E-state index contributed by atoms with van der Waals surface area (Å²) in [6.45, 7) is 10.6. The van der Waals surface area contributed by atoms with E-state index >= 15 is 0 Å². The van der Waals surface area contributed by atoms with Crippen molar-refractivity contribution in [2.24, 2.45) is 0 Å². The fourth-order valence-electron chi connectivity index (χ4n) is 3.29. The molecule has 1 saturated heterocycles. The van der Waals surface area contributed by atoms with Crippen LogP contribution in [0.5, 0.6) is 0 Å². The second-order valence-corrected chi connectivity index (χ2v) is 7.19.